The molecular weight excluding hydrogens is 322 g/mol. The summed E-state index contributed by atoms with van der Waals surface area (Å²) in [5.74, 6) is -5.50. The molecule has 0 fully saturated rings. The van der Waals surface area contributed by atoms with Crippen LogP contribution in [0.2, 0.25) is 0 Å². The second-order valence-corrected chi connectivity index (χ2v) is 3.11. The fourth-order valence-electron chi connectivity index (χ4n) is 0.903. The maximum absolute atomic E-state index is 10.4. The summed E-state index contributed by atoms with van der Waals surface area (Å²) in [5, 5.41) is 35.6. The van der Waals surface area contributed by atoms with E-state index in [1.165, 1.54) is 18.2 Å². The van der Waals surface area contributed by atoms with Gasteiger partial charge in [0.15, 0.2) is 0 Å². The molecule has 0 aliphatic carbocycles. The Morgan fingerprint density at radius 2 is 1.24 bits per heavy atom. The number of carboxylic acids is 4. The SMILES string of the molecule is O=C(O)c1cccc(C(=O)O)c1.O=C([O-])CC(=O)[O-].[K+].[Na+]. The number of carbonyl (C=O) groups excluding carboxylic acids is 2. The Hall–Kier alpha value is -0.264. The van der Waals surface area contributed by atoms with Gasteiger partial charge in [0.1, 0.15) is 0 Å². The van der Waals surface area contributed by atoms with Crippen LogP contribution in [-0.2, 0) is 9.59 Å². The minimum absolute atomic E-state index is 0. The second kappa shape index (κ2) is 13.4. The Labute approximate surface area is 183 Å². The fraction of sp³-hybridized carbons (Fsp3) is 0.0909. The molecule has 0 amide bonds. The molecule has 2 N–H and O–H groups in total. The zero-order chi connectivity index (χ0) is 15.0. The van der Waals surface area contributed by atoms with Gasteiger partial charge in [0, 0.05) is 18.4 Å². The summed E-state index contributed by atoms with van der Waals surface area (Å²) >= 11 is 0. The average Bonchev–Trinajstić information content (AvgIpc) is 2.28. The van der Waals surface area contributed by atoms with Crippen LogP contribution in [0.15, 0.2) is 24.3 Å². The number of carbonyl (C=O) groups is 4. The minimum atomic E-state index is -1.63. The third-order valence-corrected chi connectivity index (χ3v) is 1.65. The Morgan fingerprint density at radius 1 is 0.905 bits per heavy atom. The molecule has 102 valence electrons. The zero-order valence-corrected chi connectivity index (χ0v) is 16.5. The molecule has 0 unspecified atom stereocenters. The Morgan fingerprint density at radius 3 is 1.43 bits per heavy atom. The van der Waals surface area contributed by atoms with Crippen LogP contribution in [0.3, 0.4) is 0 Å². The van der Waals surface area contributed by atoms with E-state index in [0.717, 1.165) is 6.07 Å². The molecule has 0 bridgehead atoms. The predicted octanol–water partition coefficient (Wildman–Crippen LogP) is -8.03. The molecule has 0 aliphatic heterocycles. The number of aromatic carboxylic acids is 2. The number of hydrogen-bond donors (Lipinski definition) is 2. The minimum Gasteiger partial charge on any atom is -0.550 e. The molecule has 0 radical (unpaired) electrons. The first kappa shape index (κ1) is 25.7. The monoisotopic (exact) mass is 330 g/mol. The molecule has 1 aromatic carbocycles. The summed E-state index contributed by atoms with van der Waals surface area (Å²) in [6.45, 7) is 0. The summed E-state index contributed by atoms with van der Waals surface area (Å²) in [5.41, 5.74) is -0.0372. The van der Waals surface area contributed by atoms with E-state index in [4.69, 9.17) is 10.2 Å². The van der Waals surface area contributed by atoms with Crippen molar-refractivity contribution in [1.82, 2.24) is 0 Å². The van der Waals surface area contributed by atoms with Crippen molar-refractivity contribution >= 4 is 23.9 Å². The average molecular weight is 330 g/mol. The van der Waals surface area contributed by atoms with Gasteiger partial charge in [-0.15, -0.1) is 0 Å². The Kier molecular flexibility index (Phi) is 16.4. The summed E-state index contributed by atoms with van der Waals surface area (Å²) in [6.07, 6.45) is -1.03. The number of benzene rings is 1. The van der Waals surface area contributed by atoms with Crippen LogP contribution >= 0.6 is 0 Å². The molecule has 0 atom stereocenters. The standard InChI is InChI=1S/C8H6O4.C3H4O4.K.Na/c9-7(10)5-2-1-3-6(4-5)8(11)12;4-2(5)1-3(6)7;;/h1-4H,(H,9,10)(H,11,12);1H2,(H,4,5)(H,6,7);;/q;;2*+1/p-2. The van der Waals surface area contributed by atoms with E-state index < -0.39 is 30.3 Å². The fourth-order valence-corrected chi connectivity index (χ4v) is 0.903. The molecule has 1 rings (SSSR count). The van der Waals surface area contributed by atoms with Crippen molar-refractivity contribution in [1.29, 1.82) is 0 Å². The van der Waals surface area contributed by atoms with E-state index in [1.54, 1.807) is 0 Å². The molecule has 21 heavy (non-hydrogen) atoms. The first-order valence-electron chi connectivity index (χ1n) is 4.70. The smallest absolute Gasteiger partial charge is 0.550 e. The second-order valence-electron chi connectivity index (χ2n) is 3.11. The normalized spacial score (nSPS) is 8.00. The van der Waals surface area contributed by atoms with E-state index in [2.05, 4.69) is 0 Å². The summed E-state index contributed by atoms with van der Waals surface area (Å²) < 4.78 is 0. The van der Waals surface area contributed by atoms with Crippen LogP contribution in [0.25, 0.3) is 0 Å². The molecule has 0 saturated heterocycles. The van der Waals surface area contributed by atoms with Crippen molar-refractivity contribution in [2.24, 2.45) is 0 Å². The van der Waals surface area contributed by atoms with Crippen LogP contribution in [0.4, 0.5) is 0 Å². The van der Waals surface area contributed by atoms with Crippen LogP contribution in [0.5, 0.6) is 0 Å². The van der Waals surface area contributed by atoms with Gasteiger partial charge in [0.05, 0.1) is 11.1 Å². The first-order chi connectivity index (χ1) is 8.73. The zero-order valence-electron chi connectivity index (χ0n) is 11.4. The van der Waals surface area contributed by atoms with Crippen LogP contribution < -0.4 is 91.2 Å². The van der Waals surface area contributed by atoms with Gasteiger partial charge in [0.2, 0.25) is 0 Å². The van der Waals surface area contributed by atoms with Crippen LogP contribution in [0.1, 0.15) is 27.1 Å². The van der Waals surface area contributed by atoms with E-state index in [0.29, 0.717) is 0 Å². The predicted molar refractivity (Wildman–Crippen MR) is 55.0 cm³/mol. The molecule has 0 aromatic heterocycles. The van der Waals surface area contributed by atoms with Crippen LogP contribution in [-0.4, -0.2) is 34.1 Å². The van der Waals surface area contributed by atoms with E-state index >= 15 is 0 Å². The summed E-state index contributed by atoms with van der Waals surface area (Å²) in [4.78, 5) is 39.3. The van der Waals surface area contributed by atoms with Gasteiger partial charge in [-0.2, -0.15) is 0 Å². The van der Waals surface area contributed by atoms with Crippen molar-refractivity contribution in [3.63, 3.8) is 0 Å². The quantitative estimate of drug-likeness (QED) is 0.407. The molecule has 8 nitrogen and oxygen atoms in total. The van der Waals surface area contributed by atoms with E-state index in [-0.39, 0.29) is 92.1 Å². The molecular formula is C11H8KNaO8. The van der Waals surface area contributed by atoms with E-state index in [1.807, 2.05) is 0 Å². The van der Waals surface area contributed by atoms with Crippen molar-refractivity contribution in [3.8, 4) is 0 Å². The van der Waals surface area contributed by atoms with Gasteiger partial charge < -0.3 is 30.0 Å². The molecule has 0 heterocycles. The van der Waals surface area contributed by atoms with Gasteiger partial charge in [-0.3, -0.25) is 0 Å². The number of rotatable bonds is 4. The number of hydrogen-bond acceptors (Lipinski definition) is 6. The van der Waals surface area contributed by atoms with Gasteiger partial charge in [-0.05, 0) is 18.2 Å². The van der Waals surface area contributed by atoms with Crippen molar-refractivity contribution in [3.05, 3.63) is 35.4 Å². The van der Waals surface area contributed by atoms with Gasteiger partial charge in [-0.25, -0.2) is 9.59 Å². The van der Waals surface area contributed by atoms with Crippen molar-refractivity contribution in [2.75, 3.05) is 0 Å². The van der Waals surface area contributed by atoms with Crippen molar-refractivity contribution < 1.29 is 121 Å². The number of carboxylic acid groups (broad SMARTS) is 4. The molecule has 1 aromatic rings. The van der Waals surface area contributed by atoms with E-state index in [9.17, 15) is 29.4 Å². The third-order valence-electron chi connectivity index (χ3n) is 1.65. The topological polar surface area (TPSA) is 155 Å². The van der Waals surface area contributed by atoms with Gasteiger partial charge in [-0.1, -0.05) is 6.07 Å². The summed E-state index contributed by atoms with van der Waals surface area (Å²) in [7, 11) is 0. The molecule has 0 spiro atoms. The largest absolute Gasteiger partial charge is 1.00 e. The van der Waals surface area contributed by atoms with Crippen LogP contribution in [0, 0.1) is 0 Å². The first-order valence-corrected chi connectivity index (χ1v) is 4.70. The summed E-state index contributed by atoms with van der Waals surface area (Å²) in [6, 6.07) is 5.20. The Balaban J connectivity index is -0.000000317. The molecule has 0 aliphatic rings. The maximum atomic E-state index is 10.4. The maximum Gasteiger partial charge on any atom is 1.00 e. The van der Waals surface area contributed by atoms with Gasteiger partial charge in [0.25, 0.3) is 0 Å². The third kappa shape index (κ3) is 13.1. The molecule has 10 heteroatoms. The number of aliphatic carboxylic acids is 2. The Bertz CT molecular complexity index is 475. The van der Waals surface area contributed by atoms with Crippen molar-refractivity contribution in [2.45, 2.75) is 6.42 Å². The molecule has 0 saturated carbocycles. The van der Waals surface area contributed by atoms with Gasteiger partial charge >= 0.3 is 92.9 Å².